The maximum Gasteiger partial charge on any atom is 0.289 e. The number of rotatable bonds is 7. The molecule has 1 aliphatic heterocycles. The van der Waals surface area contributed by atoms with Crippen LogP contribution in [0.4, 0.5) is 0 Å². The molecule has 1 fully saturated rings. The van der Waals surface area contributed by atoms with E-state index in [1.165, 1.54) is 6.26 Å². The van der Waals surface area contributed by atoms with Gasteiger partial charge in [-0.25, -0.2) is 0 Å². The number of ether oxygens (including phenoxy) is 1. The average molecular weight is 392 g/mol. The molecule has 2 heterocycles. The Balaban J connectivity index is 1.30. The predicted octanol–water partition coefficient (Wildman–Crippen LogP) is 1.89. The van der Waals surface area contributed by atoms with Crippen LogP contribution < -0.4 is 10.1 Å². The number of hydrogen-bond acceptors (Lipinski definition) is 5. The lowest BCUT2D eigenvalue weighted by molar-refractivity contribution is -0.123. The number of benzene rings is 1. The Labute approximate surface area is 162 Å². The number of hydrogen-bond donors (Lipinski definition) is 1. The van der Waals surface area contributed by atoms with Crippen molar-refractivity contribution in [3.8, 4) is 5.75 Å². The monoisotopic (exact) mass is 391 g/mol. The summed E-state index contributed by atoms with van der Waals surface area (Å²) in [6.07, 6.45) is 1.50. The molecule has 8 heteroatoms. The lowest BCUT2D eigenvalue weighted by Crippen LogP contribution is -2.50. The Kier molecular flexibility index (Phi) is 6.73. The maximum absolute atomic E-state index is 12.2. The molecule has 2 amide bonds. The third kappa shape index (κ3) is 5.74. The van der Waals surface area contributed by atoms with Gasteiger partial charge in [-0.3, -0.25) is 14.5 Å². The normalized spacial score (nSPS) is 14.8. The molecule has 2 aromatic rings. The minimum absolute atomic E-state index is 0.0347. The van der Waals surface area contributed by atoms with Crippen LogP contribution in [-0.2, 0) is 4.79 Å². The van der Waals surface area contributed by atoms with Crippen LogP contribution >= 0.6 is 11.6 Å². The first kappa shape index (κ1) is 19.3. The Morgan fingerprint density at radius 1 is 1.11 bits per heavy atom. The summed E-state index contributed by atoms with van der Waals surface area (Å²) in [5, 5.41) is 3.46. The number of nitrogens with one attached hydrogen (secondary N) is 1. The van der Waals surface area contributed by atoms with Crippen molar-refractivity contribution in [3.05, 3.63) is 53.4 Å². The molecule has 1 aliphatic rings. The van der Waals surface area contributed by atoms with Crippen LogP contribution in [0, 0.1) is 0 Å². The molecule has 7 nitrogen and oxygen atoms in total. The van der Waals surface area contributed by atoms with Gasteiger partial charge in [0.25, 0.3) is 11.8 Å². The molecule has 1 aromatic carbocycles. The lowest BCUT2D eigenvalue weighted by Gasteiger charge is -2.34. The van der Waals surface area contributed by atoms with E-state index in [-0.39, 0.29) is 18.4 Å². The van der Waals surface area contributed by atoms with E-state index in [0.29, 0.717) is 36.2 Å². The van der Waals surface area contributed by atoms with E-state index in [1.54, 1.807) is 41.3 Å². The third-order valence-corrected chi connectivity index (χ3v) is 4.58. The Hall–Kier alpha value is -2.51. The van der Waals surface area contributed by atoms with E-state index in [1.807, 2.05) is 0 Å². The fraction of sp³-hybridized carbons (Fsp3) is 0.368. The van der Waals surface area contributed by atoms with Crippen molar-refractivity contribution in [3.63, 3.8) is 0 Å². The van der Waals surface area contributed by atoms with Crippen LogP contribution in [0.1, 0.15) is 10.6 Å². The highest BCUT2D eigenvalue weighted by Gasteiger charge is 2.23. The van der Waals surface area contributed by atoms with E-state index in [9.17, 15) is 9.59 Å². The molecule has 3 rings (SSSR count). The molecule has 0 atom stereocenters. The number of halogens is 1. The molecule has 0 spiro atoms. The summed E-state index contributed by atoms with van der Waals surface area (Å²) >= 11 is 5.80. The van der Waals surface area contributed by atoms with E-state index >= 15 is 0 Å². The zero-order valence-corrected chi connectivity index (χ0v) is 15.7. The second kappa shape index (κ2) is 9.43. The highest BCUT2D eigenvalue weighted by atomic mass is 35.5. The molecule has 27 heavy (non-hydrogen) atoms. The number of carbonyl (C=O) groups is 2. The van der Waals surface area contributed by atoms with Crippen molar-refractivity contribution in [1.29, 1.82) is 0 Å². The summed E-state index contributed by atoms with van der Waals surface area (Å²) in [5.74, 6) is 0.729. The maximum atomic E-state index is 12.2. The summed E-state index contributed by atoms with van der Waals surface area (Å²) < 4.78 is 10.6. The molecule has 0 saturated carbocycles. The molecule has 1 N–H and O–H groups in total. The molecule has 0 bridgehead atoms. The van der Waals surface area contributed by atoms with Crippen LogP contribution in [0.2, 0.25) is 5.02 Å². The Morgan fingerprint density at radius 3 is 2.52 bits per heavy atom. The van der Waals surface area contributed by atoms with Gasteiger partial charge in [-0.05, 0) is 36.4 Å². The number of furan rings is 1. The molecule has 0 aliphatic carbocycles. The van der Waals surface area contributed by atoms with Gasteiger partial charge in [0.2, 0.25) is 0 Å². The summed E-state index contributed by atoms with van der Waals surface area (Å²) in [7, 11) is 0. The first-order valence-electron chi connectivity index (χ1n) is 8.82. The average Bonchev–Trinajstić information content (AvgIpc) is 3.22. The van der Waals surface area contributed by atoms with Gasteiger partial charge in [-0.2, -0.15) is 0 Å². The minimum Gasteiger partial charge on any atom is -0.484 e. The second-order valence-corrected chi connectivity index (χ2v) is 6.64. The SMILES string of the molecule is O=C(COc1ccc(Cl)cc1)NCCN1CCN(C(=O)c2ccco2)CC1. The minimum atomic E-state index is -0.170. The van der Waals surface area contributed by atoms with E-state index in [2.05, 4.69) is 10.2 Å². The van der Waals surface area contributed by atoms with Gasteiger partial charge in [0.1, 0.15) is 5.75 Å². The van der Waals surface area contributed by atoms with Crippen molar-refractivity contribution < 1.29 is 18.7 Å². The smallest absolute Gasteiger partial charge is 0.289 e. The van der Waals surface area contributed by atoms with Gasteiger partial charge < -0.3 is 19.4 Å². The zero-order valence-electron chi connectivity index (χ0n) is 14.9. The van der Waals surface area contributed by atoms with Gasteiger partial charge in [0.05, 0.1) is 6.26 Å². The van der Waals surface area contributed by atoms with E-state index in [4.69, 9.17) is 20.8 Å². The first-order chi connectivity index (χ1) is 13.1. The van der Waals surface area contributed by atoms with E-state index in [0.717, 1.165) is 19.6 Å². The standard InChI is InChI=1S/C19H22ClN3O4/c20-15-3-5-16(6-4-15)27-14-18(24)21-7-8-22-9-11-23(12-10-22)19(25)17-2-1-13-26-17/h1-6,13H,7-12,14H2,(H,21,24). The molecule has 0 radical (unpaired) electrons. The zero-order chi connectivity index (χ0) is 19.1. The summed E-state index contributed by atoms with van der Waals surface area (Å²) in [6.45, 7) is 4.06. The number of carbonyl (C=O) groups excluding carboxylic acids is 2. The van der Waals surface area contributed by atoms with Crippen LogP contribution in [0.25, 0.3) is 0 Å². The summed E-state index contributed by atoms with van der Waals surface area (Å²) in [4.78, 5) is 28.1. The highest BCUT2D eigenvalue weighted by Crippen LogP contribution is 2.15. The van der Waals surface area contributed by atoms with Crippen molar-refractivity contribution in [1.82, 2.24) is 15.1 Å². The topological polar surface area (TPSA) is 75.0 Å². The van der Waals surface area contributed by atoms with Crippen LogP contribution in [0.3, 0.4) is 0 Å². The van der Waals surface area contributed by atoms with E-state index < -0.39 is 0 Å². The third-order valence-electron chi connectivity index (χ3n) is 4.33. The summed E-state index contributed by atoms with van der Waals surface area (Å²) in [6, 6.07) is 10.3. The Morgan fingerprint density at radius 2 is 1.85 bits per heavy atom. The van der Waals surface area contributed by atoms with Gasteiger partial charge >= 0.3 is 0 Å². The van der Waals surface area contributed by atoms with Gasteiger partial charge in [0, 0.05) is 44.3 Å². The second-order valence-electron chi connectivity index (χ2n) is 6.20. The Bertz CT molecular complexity index is 741. The molecule has 1 saturated heterocycles. The fourth-order valence-electron chi connectivity index (χ4n) is 2.81. The van der Waals surface area contributed by atoms with Crippen molar-refractivity contribution in [2.45, 2.75) is 0 Å². The highest BCUT2D eigenvalue weighted by molar-refractivity contribution is 6.30. The van der Waals surface area contributed by atoms with Gasteiger partial charge in [-0.1, -0.05) is 11.6 Å². The van der Waals surface area contributed by atoms with Crippen LogP contribution in [0.5, 0.6) is 5.75 Å². The first-order valence-corrected chi connectivity index (χ1v) is 9.20. The van der Waals surface area contributed by atoms with Crippen molar-refractivity contribution in [2.75, 3.05) is 45.9 Å². The van der Waals surface area contributed by atoms with Crippen LogP contribution in [0.15, 0.2) is 47.1 Å². The largest absolute Gasteiger partial charge is 0.484 e. The van der Waals surface area contributed by atoms with Gasteiger partial charge in [0.15, 0.2) is 12.4 Å². The predicted molar refractivity (Wildman–Crippen MR) is 101 cm³/mol. The quantitative estimate of drug-likeness (QED) is 0.780. The fourth-order valence-corrected chi connectivity index (χ4v) is 2.94. The molecular formula is C19H22ClN3O4. The summed E-state index contributed by atoms with van der Waals surface area (Å²) in [5.41, 5.74) is 0. The molecule has 1 aromatic heterocycles. The van der Waals surface area contributed by atoms with Gasteiger partial charge in [-0.15, -0.1) is 0 Å². The number of piperazine rings is 1. The van der Waals surface area contributed by atoms with Crippen molar-refractivity contribution in [2.24, 2.45) is 0 Å². The van der Waals surface area contributed by atoms with Crippen LogP contribution in [-0.4, -0.2) is 67.5 Å². The van der Waals surface area contributed by atoms with Crippen molar-refractivity contribution >= 4 is 23.4 Å². The molecule has 0 unspecified atom stereocenters. The number of nitrogens with zero attached hydrogens (tertiary/aromatic N) is 2. The molecular weight excluding hydrogens is 370 g/mol. The number of amides is 2. The molecule has 144 valence electrons. The lowest BCUT2D eigenvalue weighted by atomic mass is 10.3.